The van der Waals surface area contributed by atoms with Crippen LogP contribution in [0.5, 0.6) is 5.75 Å². The van der Waals surface area contributed by atoms with Gasteiger partial charge in [0.2, 0.25) is 11.8 Å². The van der Waals surface area contributed by atoms with Crippen molar-refractivity contribution in [1.82, 2.24) is 10.2 Å². The molecule has 0 fully saturated rings. The molecule has 0 saturated carbocycles. The van der Waals surface area contributed by atoms with E-state index in [0.717, 1.165) is 5.56 Å². The third-order valence-corrected chi connectivity index (χ3v) is 4.08. The van der Waals surface area contributed by atoms with Gasteiger partial charge in [0, 0.05) is 23.6 Å². The molecule has 0 radical (unpaired) electrons. The Hall–Kier alpha value is -2.86. The van der Waals surface area contributed by atoms with Crippen molar-refractivity contribution in [3.05, 3.63) is 58.9 Å². The fourth-order valence-corrected chi connectivity index (χ4v) is 2.62. The number of carbonyl (C=O) groups is 1. The number of anilines is 1. The molecule has 134 valence electrons. The summed E-state index contributed by atoms with van der Waals surface area (Å²) in [7, 11) is 1.58. The van der Waals surface area contributed by atoms with Crippen LogP contribution >= 0.6 is 11.6 Å². The Morgan fingerprint density at radius 3 is 2.85 bits per heavy atom. The molecule has 3 aromatic rings. The maximum atomic E-state index is 12.2. The molecule has 1 heterocycles. The van der Waals surface area contributed by atoms with Crippen molar-refractivity contribution < 1.29 is 13.9 Å². The minimum absolute atomic E-state index is 0.146. The molecule has 7 heteroatoms. The number of methoxy groups -OCH3 is 1. The molecule has 0 aliphatic carbocycles. The molecule has 6 nitrogen and oxygen atoms in total. The summed E-state index contributed by atoms with van der Waals surface area (Å²) >= 11 is 5.96. The lowest BCUT2D eigenvalue weighted by atomic mass is 10.2. The minimum atomic E-state index is -0.146. The van der Waals surface area contributed by atoms with Crippen molar-refractivity contribution in [2.75, 3.05) is 12.4 Å². The Kier molecular flexibility index (Phi) is 5.53. The first-order valence-corrected chi connectivity index (χ1v) is 8.46. The van der Waals surface area contributed by atoms with E-state index in [9.17, 15) is 4.79 Å². The van der Waals surface area contributed by atoms with E-state index in [1.54, 1.807) is 19.2 Å². The second-order valence-corrected chi connectivity index (χ2v) is 6.15. The largest absolute Gasteiger partial charge is 0.496 e. The number of aryl methyl sites for hydroxylation is 2. The molecule has 2 aromatic carbocycles. The molecule has 0 unspecified atom stereocenters. The average molecular weight is 372 g/mol. The van der Waals surface area contributed by atoms with Crippen molar-refractivity contribution in [2.45, 2.75) is 19.8 Å². The van der Waals surface area contributed by atoms with Gasteiger partial charge in [-0.1, -0.05) is 29.8 Å². The van der Waals surface area contributed by atoms with Crippen LogP contribution < -0.4 is 10.1 Å². The van der Waals surface area contributed by atoms with E-state index in [1.807, 2.05) is 37.3 Å². The van der Waals surface area contributed by atoms with Crippen LogP contribution in [-0.2, 0) is 11.2 Å². The molecule has 0 saturated heterocycles. The van der Waals surface area contributed by atoms with Gasteiger partial charge in [0.1, 0.15) is 5.75 Å². The lowest BCUT2D eigenvalue weighted by molar-refractivity contribution is -0.116. The van der Waals surface area contributed by atoms with Crippen LogP contribution in [-0.4, -0.2) is 23.2 Å². The number of benzene rings is 2. The number of amides is 1. The molecule has 3 rings (SSSR count). The molecular weight excluding hydrogens is 354 g/mol. The maximum absolute atomic E-state index is 12.2. The summed E-state index contributed by atoms with van der Waals surface area (Å²) in [6, 6.07) is 12.7. The summed E-state index contributed by atoms with van der Waals surface area (Å²) in [6.45, 7) is 1.91. The first kappa shape index (κ1) is 17.9. The molecule has 0 spiro atoms. The van der Waals surface area contributed by atoms with Crippen molar-refractivity contribution in [3.8, 4) is 17.2 Å². The fraction of sp³-hybridized carbons (Fsp3) is 0.211. The van der Waals surface area contributed by atoms with Gasteiger partial charge in [-0.3, -0.25) is 4.79 Å². The summed E-state index contributed by atoms with van der Waals surface area (Å²) in [5.41, 5.74) is 2.36. The van der Waals surface area contributed by atoms with E-state index in [-0.39, 0.29) is 12.3 Å². The van der Waals surface area contributed by atoms with Gasteiger partial charge >= 0.3 is 0 Å². The van der Waals surface area contributed by atoms with Crippen molar-refractivity contribution in [2.24, 2.45) is 0 Å². The van der Waals surface area contributed by atoms with E-state index in [1.165, 1.54) is 0 Å². The number of ether oxygens (including phenoxy) is 1. The highest BCUT2D eigenvalue weighted by atomic mass is 35.5. The molecule has 1 aromatic heterocycles. The van der Waals surface area contributed by atoms with Gasteiger partial charge in [-0.15, -0.1) is 10.2 Å². The summed E-state index contributed by atoms with van der Waals surface area (Å²) in [5.74, 6) is 1.26. The van der Waals surface area contributed by atoms with E-state index >= 15 is 0 Å². The maximum Gasteiger partial charge on any atom is 0.251 e. The molecule has 1 N–H and O–H groups in total. The van der Waals surface area contributed by atoms with E-state index in [2.05, 4.69) is 15.5 Å². The quantitative estimate of drug-likeness (QED) is 0.699. The molecule has 26 heavy (non-hydrogen) atoms. The van der Waals surface area contributed by atoms with E-state index in [4.69, 9.17) is 20.8 Å². The third-order valence-electron chi connectivity index (χ3n) is 3.84. The van der Waals surface area contributed by atoms with Crippen LogP contribution in [0.4, 0.5) is 5.69 Å². The van der Waals surface area contributed by atoms with Gasteiger partial charge in [-0.25, -0.2) is 0 Å². The van der Waals surface area contributed by atoms with Gasteiger partial charge in [0.05, 0.1) is 12.7 Å². The topological polar surface area (TPSA) is 77.2 Å². The number of hydrogen-bond donors (Lipinski definition) is 1. The second kappa shape index (κ2) is 8.01. The standard InChI is InChI=1S/C19H18ClN3O3/c1-12-7-8-13(20)11-15(12)21-17(24)9-10-18-22-23-19(26-18)14-5-3-4-6-16(14)25-2/h3-8,11H,9-10H2,1-2H3,(H,21,24). The van der Waals surface area contributed by atoms with E-state index < -0.39 is 0 Å². The summed E-state index contributed by atoms with van der Waals surface area (Å²) in [4.78, 5) is 12.2. The fourth-order valence-electron chi connectivity index (χ4n) is 2.45. The number of hydrogen-bond acceptors (Lipinski definition) is 5. The first-order valence-electron chi connectivity index (χ1n) is 8.08. The SMILES string of the molecule is COc1ccccc1-c1nnc(CCC(=O)Nc2cc(Cl)ccc2C)o1. The number of halogens is 1. The van der Waals surface area contributed by atoms with Crippen molar-refractivity contribution in [3.63, 3.8) is 0 Å². The van der Waals surface area contributed by atoms with Crippen LogP contribution in [0.2, 0.25) is 5.02 Å². The highest BCUT2D eigenvalue weighted by molar-refractivity contribution is 6.31. The zero-order chi connectivity index (χ0) is 18.5. The minimum Gasteiger partial charge on any atom is -0.496 e. The Balaban J connectivity index is 1.63. The molecule has 1 amide bonds. The highest BCUT2D eigenvalue weighted by Crippen LogP contribution is 2.28. The Morgan fingerprint density at radius 1 is 1.23 bits per heavy atom. The van der Waals surface area contributed by atoms with Gasteiger partial charge in [0.25, 0.3) is 5.89 Å². The molecule has 0 bridgehead atoms. The number of rotatable bonds is 6. The molecule has 0 aliphatic rings. The molecule has 0 aliphatic heterocycles. The number of nitrogens with one attached hydrogen (secondary N) is 1. The lowest BCUT2D eigenvalue weighted by Crippen LogP contribution is -2.13. The average Bonchev–Trinajstić information content (AvgIpc) is 3.12. The van der Waals surface area contributed by atoms with Gasteiger partial charge < -0.3 is 14.5 Å². The molecular formula is C19H18ClN3O3. The summed E-state index contributed by atoms with van der Waals surface area (Å²) in [5, 5.41) is 11.5. The number of nitrogens with zero attached hydrogens (tertiary/aromatic N) is 2. The monoisotopic (exact) mass is 371 g/mol. The summed E-state index contributed by atoms with van der Waals surface area (Å²) in [6.07, 6.45) is 0.563. The second-order valence-electron chi connectivity index (χ2n) is 5.71. The zero-order valence-electron chi connectivity index (χ0n) is 14.5. The predicted molar refractivity (Wildman–Crippen MR) is 99.4 cm³/mol. The van der Waals surface area contributed by atoms with Crippen molar-refractivity contribution in [1.29, 1.82) is 0 Å². The zero-order valence-corrected chi connectivity index (χ0v) is 15.2. The first-order chi connectivity index (χ1) is 12.6. The van der Waals surface area contributed by atoms with Crippen LogP contribution in [0.25, 0.3) is 11.5 Å². The number of para-hydroxylation sites is 1. The molecule has 0 atom stereocenters. The smallest absolute Gasteiger partial charge is 0.251 e. The normalized spacial score (nSPS) is 10.6. The third kappa shape index (κ3) is 4.21. The Labute approximate surface area is 156 Å². The predicted octanol–water partition coefficient (Wildman–Crippen LogP) is 4.28. The lowest BCUT2D eigenvalue weighted by Gasteiger charge is -2.08. The van der Waals surface area contributed by atoms with Crippen LogP contribution in [0, 0.1) is 6.92 Å². The van der Waals surface area contributed by atoms with Crippen LogP contribution in [0.1, 0.15) is 17.9 Å². The van der Waals surface area contributed by atoms with Gasteiger partial charge in [-0.2, -0.15) is 0 Å². The highest BCUT2D eigenvalue weighted by Gasteiger charge is 2.14. The van der Waals surface area contributed by atoms with Gasteiger partial charge in [-0.05, 0) is 36.8 Å². The Morgan fingerprint density at radius 2 is 2.04 bits per heavy atom. The Bertz CT molecular complexity index is 924. The number of carbonyl (C=O) groups excluding carboxylic acids is 1. The summed E-state index contributed by atoms with van der Waals surface area (Å²) < 4.78 is 10.9. The van der Waals surface area contributed by atoms with Crippen LogP contribution in [0.3, 0.4) is 0 Å². The van der Waals surface area contributed by atoms with Gasteiger partial charge in [0.15, 0.2) is 0 Å². The van der Waals surface area contributed by atoms with E-state index in [0.29, 0.717) is 40.2 Å². The van der Waals surface area contributed by atoms with Crippen molar-refractivity contribution >= 4 is 23.2 Å². The number of aromatic nitrogens is 2. The van der Waals surface area contributed by atoms with Crippen LogP contribution in [0.15, 0.2) is 46.9 Å².